The molecule has 0 spiro atoms. The Bertz CT molecular complexity index is 204. The van der Waals surface area contributed by atoms with E-state index in [4.69, 9.17) is 0 Å². The van der Waals surface area contributed by atoms with Crippen LogP contribution >= 0.6 is 0 Å². The summed E-state index contributed by atoms with van der Waals surface area (Å²) in [7, 11) is 0. The monoisotopic (exact) mass is 152 g/mol. The van der Waals surface area contributed by atoms with Crippen molar-refractivity contribution in [2.24, 2.45) is 5.92 Å². The van der Waals surface area contributed by atoms with Crippen LogP contribution in [0.25, 0.3) is 0 Å². The van der Waals surface area contributed by atoms with Crippen molar-refractivity contribution in [2.45, 2.75) is 26.2 Å². The van der Waals surface area contributed by atoms with Crippen LogP contribution in [0.1, 0.15) is 26.2 Å². The first kappa shape index (κ1) is 8.18. The van der Waals surface area contributed by atoms with Crippen molar-refractivity contribution in [2.75, 3.05) is 0 Å². The Labute approximate surface area is 66.3 Å². The Hall–Kier alpha value is -0.920. The van der Waals surface area contributed by atoms with Gasteiger partial charge < -0.3 is 0 Å². The van der Waals surface area contributed by atoms with Gasteiger partial charge in [-0.3, -0.25) is 9.59 Å². The van der Waals surface area contributed by atoms with Gasteiger partial charge in [0.1, 0.15) is 0 Å². The smallest absolute Gasteiger partial charge is 0.198 e. The van der Waals surface area contributed by atoms with Gasteiger partial charge >= 0.3 is 0 Å². The Morgan fingerprint density at radius 3 is 2.73 bits per heavy atom. The molecule has 0 fully saturated rings. The third-order valence-corrected chi connectivity index (χ3v) is 1.95. The van der Waals surface area contributed by atoms with E-state index in [1.807, 2.05) is 6.08 Å². The number of allylic oxidation sites excluding steroid dienone is 2. The number of carbonyl (C=O) groups excluding carboxylic acids is 2. The summed E-state index contributed by atoms with van der Waals surface area (Å²) in [6.45, 7) is 1.33. The zero-order valence-corrected chi connectivity index (χ0v) is 6.67. The first-order chi connectivity index (χ1) is 5.20. The fraction of sp³-hybridized carbons (Fsp3) is 0.556. The average Bonchev–Trinajstić information content (AvgIpc) is 2.39. The summed E-state index contributed by atoms with van der Waals surface area (Å²) < 4.78 is 0. The molecule has 1 aliphatic carbocycles. The van der Waals surface area contributed by atoms with E-state index in [1.54, 1.807) is 0 Å². The SMILES string of the molecule is CC(=O)C(=O)C[C@H]1C=CCC1. The molecule has 1 atom stereocenters. The summed E-state index contributed by atoms with van der Waals surface area (Å²) in [6, 6.07) is 0. The minimum atomic E-state index is -0.315. The number of hydrogen-bond donors (Lipinski definition) is 0. The first-order valence-corrected chi connectivity index (χ1v) is 3.90. The van der Waals surface area contributed by atoms with E-state index in [0.717, 1.165) is 12.8 Å². The zero-order chi connectivity index (χ0) is 8.27. The second-order valence-corrected chi connectivity index (χ2v) is 2.95. The summed E-state index contributed by atoms with van der Waals surface area (Å²) in [5.41, 5.74) is 0. The molecule has 0 unspecified atom stereocenters. The summed E-state index contributed by atoms with van der Waals surface area (Å²) in [4.78, 5) is 21.5. The number of rotatable bonds is 3. The summed E-state index contributed by atoms with van der Waals surface area (Å²) in [5.74, 6) is -0.224. The Morgan fingerprint density at radius 2 is 2.27 bits per heavy atom. The van der Waals surface area contributed by atoms with Crippen molar-refractivity contribution >= 4 is 11.6 Å². The molecule has 0 N–H and O–H groups in total. The maximum atomic E-state index is 10.9. The van der Waals surface area contributed by atoms with Gasteiger partial charge in [0.05, 0.1) is 0 Å². The van der Waals surface area contributed by atoms with Gasteiger partial charge in [-0.05, 0) is 18.8 Å². The predicted octanol–water partition coefficient (Wildman–Crippen LogP) is 1.50. The van der Waals surface area contributed by atoms with Gasteiger partial charge in [0.2, 0.25) is 0 Å². The van der Waals surface area contributed by atoms with Crippen LogP contribution < -0.4 is 0 Å². The lowest BCUT2D eigenvalue weighted by atomic mass is 10.0. The molecule has 2 heteroatoms. The topological polar surface area (TPSA) is 34.1 Å². The lowest BCUT2D eigenvalue weighted by Gasteiger charge is -2.02. The third-order valence-electron chi connectivity index (χ3n) is 1.95. The lowest BCUT2D eigenvalue weighted by Crippen LogP contribution is -2.12. The standard InChI is InChI=1S/C9H12O2/c1-7(10)9(11)6-8-4-2-3-5-8/h2,4,8H,3,5-6H2,1H3/t8-/m0/s1. The minimum absolute atomic E-state index is 0.235. The van der Waals surface area contributed by atoms with Gasteiger partial charge in [-0.15, -0.1) is 0 Å². The summed E-state index contributed by atoms with van der Waals surface area (Å²) >= 11 is 0. The van der Waals surface area contributed by atoms with E-state index in [-0.39, 0.29) is 11.6 Å². The molecular weight excluding hydrogens is 140 g/mol. The van der Waals surface area contributed by atoms with Gasteiger partial charge in [0.15, 0.2) is 11.6 Å². The van der Waals surface area contributed by atoms with Gasteiger partial charge in [-0.1, -0.05) is 12.2 Å². The second kappa shape index (κ2) is 3.46. The van der Waals surface area contributed by atoms with Crippen LogP contribution in [0.5, 0.6) is 0 Å². The van der Waals surface area contributed by atoms with E-state index in [0.29, 0.717) is 12.3 Å². The van der Waals surface area contributed by atoms with Crippen LogP contribution in [-0.2, 0) is 9.59 Å². The molecule has 0 aromatic rings. The van der Waals surface area contributed by atoms with E-state index in [2.05, 4.69) is 6.08 Å². The second-order valence-electron chi connectivity index (χ2n) is 2.95. The Morgan fingerprint density at radius 1 is 1.55 bits per heavy atom. The minimum Gasteiger partial charge on any atom is -0.291 e. The molecule has 1 rings (SSSR count). The molecule has 0 saturated carbocycles. The van der Waals surface area contributed by atoms with E-state index in [9.17, 15) is 9.59 Å². The molecule has 60 valence electrons. The molecule has 0 aromatic carbocycles. The van der Waals surface area contributed by atoms with Gasteiger partial charge in [0, 0.05) is 13.3 Å². The van der Waals surface area contributed by atoms with Gasteiger partial charge in [0.25, 0.3) is 0 Å². The van der Waals surface area contributed by atoms with Crippen molar-refractivity contribution in [3.8, 4) is 0 Å². The first-order valence-electron chi connectivity index (χ1n) is 3.90. The highest BCUT2D eigenvalue weighted by Gasteiger charge is 2.16. The molecule has 0 bridgehead atoms. The normalized spacial score (nSPS) is 22.1. The molecule has 2 nitrogen and oxygen atoms in total. The number of hydrogen-bond acceptors (Lipinski definition) is 2. The molecular formula is C9H12O2. The molecule has 0 aliphatic heterocycles. The van der Waals surface area contributed by atoms with Crippen LogP contribution in [0, 0.1) is 5.92 Å². The van der Waals surface area contributed by atoms with Crippen molar-refractivity contribution in [3.63, 3.8) is 0 Å². The quantitative estimate of drug-likeness (QED) is 0.453. The highest BCUT2D eigenvalue weighted by molar-refractivity contribution is 6.36. The van der Waals surface area contributed by atoms with E-state index >= 15 is 0 Å². The third kappa shape index (κ3) is 2.30. The van der Waals surface area contributed by atoms with Gasteiger partial charge in [-0.2, -0.15) is 0 Å². The molecule has 11 heavy (non-hydrogen) atoms. The molecule has 0 saturated heterocycles. The predicted molar refractivity (Wildman–Crippen MR) is 42.2 cm³/mol. The van der Waals surface area contributed by atoms with Gasteiger partial charge in [-0.25, -0.2) is 0 Å². The van der Waals surface area contributed by atoms with E-state index in [1.165, 1.54) is 6.92 Å². The maximum Gasteiger partial charge on any atom is 0.198 e. The Kier molecular flexibility index (Phi) is 2.58. The molecule has 0 aromatic heterocycles. The number of ketones is 2. The maximum absolute atomic E-state index is 10.9. The number of carbonyl (C=O) groups is 2. The lowest BCUT2D eigenvalue weighted by molar-refractivity contribution is -0.135. The zero-order valence-electron chi connectivity index (χ0n) is 6.67. The highest BCUT2D eigenvalue weighted by Crippen LogP contribution is 2.20. The van der Waals surface area contributed by atoms with Crippen molar-refractivity contribution < 1.29 is 9.59 Å². The molecule has 0 heterocycles. The fourth-order valence-corrected chi connectivity index (χ4v) is 1.25. The highest BCUT2D eigenvalue weighted by atomic mass is 16.2. The fourth-order valence-electron chi connectivity index (χ4n) is 1.25. The molecule has 1 aliphatic rings. The van der Waals surface area contributed by atoms with E-state index < -0.39 is 0 Å². The number of Topliss-reactive ketones (excluding diaryl/α,β-unsaturated/α-hetero) is 2. The van der Waals surface area contributed by atoms with Crippen LogP contribution in [0.15, 0.2) is 12.2 Å². The summed E-state index contributed by atoms with van der Waals surface area (Å²) in [6.07, 6.45) is 6.58. The van der Waals surface area contributed by atoms with Crippen molar-refractivity contribution in [3.05, 3.63) is 12.2 Å². The van der Waals surface area contributed by atoms with Crippen LogP contribution in [0.2, 0.25) is 0 Å². The average molecular weight is 152 g/mol. The largest absolute Gasteiger partial charge is 0.291 e. The van der Waals surface area contributed by atoms with Crippen LogP contribution in [0.3, 0.4) is 0 Å². The summed E-state index contributed by atoms with van der Waals surface area (Å²) in [5, 5.41) is 0. The van der Waals surface area contributed by atoms with Crippen LogP contribution in [-0.4, -0.2) is 11.6 Å². The van der Waals surface area contributed by atoms with Crippen LogP contribution in [0.4, 0.5) is 0 Å². The van der Waals surface area contributed by atoms with Crippen molar-refractivity contribution in [1.29, 1.82) is 0 Å². The molecule has 0 amide bonds. The Balaban J connectivity index is 2.36. The van der Waals surface area contributed by atoms with Crippen molar-refractivity contribution in [1.82, 2.24) is 0 Å². The molecule has 0 radical (unpaired) electrons.